The van der Waals surface area contributed by atoms with Crippen molar-refractivity contribution in [1.29, 1.82) is 0 Å². The molecule has 21 heavy (non-hydrogen) atoms. The maximum Gasteiger partial charge on any atom is 0.165 e. The number of aliphatic hydroxyl groups excluding tert-OH is 2. The zero-order chi connectivity index (χ0) is 14.6. The number of nitrogens with two attached hydrogens (primary N) is 1. The highest BCUT2D eigenvalue weighted by Gasteiger charge is 2.50. The lowest BCUT2D eigenvalue weighted by molar-refractivity contribution is -0.122. The molecule has 9 nitrogen and oxygen atoms in total. The van der Waals surface area contributed by atoms with Crippen LogP contribution in [-0.2, 0) is 16.0 Å². The van der Waals surface area contributed by atoms with Gasteiger partial charge in [0, 0.05) is 6.42 Å². The summed E-state index contributed by atoms with van der Waals surface area (Å²) in [6, 6.07) is 0. The number of anilines is 1. The molecule has 0 aliphatic carbocycles. The average molecular weight is 293 g/mol. The number of fused-ring (bicyclic) bond motifs is 2. The smallest absolute Gasteiger partial charge is 0.165 e. The van der Waals surface area contributed by atoms with Gasteiger partial charge in [-0.1, -0.05) is 0 Å². The first-order valence-corrected chi connectivity index (χ1v) is 6.72. The Morgan fingerprint density at radius 2 is 2.14 bits per heavy atom. The molecule has 2 saturated heterocycles. The number of nitrogens with zero attached hydrogens (tertiary/aromatic N) is 4. The van der Waals surface area contributed by atoms with Gasteiger partial charge in [0.15, 0.2) is 17.8 Å². The molecule has 2 aromatic heterocycles. The molecule has 4 N–H and O–H groups in total. The van der Waals surface area contributed by atoms with Crippen LogP contribution >= 0.6 is 0 Å². The third-order valence-corrected chi connectivity index (χ3v) is 3.99. The van der Waals surface area contributed by atoms with Crippen LogP contribution in [0.2, 0.25) is 0 Å². The zero-order valence-corrected chi connectivity index (χ0v) is 11.0. The van der Waals surface area contributed by atoms with E-state index in [-0.39, 0.29) is 6.10 Å². The summed E-state index contributed by atoms with van der Waals surface area (Å²) in [5.41, 5.74) is 6.86. The molecule has 0 bridgehead atoms. The number of rotatable bonds is 2. The largest absolute Gasteiger partial charge is 0.388 e. The van der Waals surface area contributed by atoms with E-state index in [4.69, 9.17) is 15.2 Å². The Morgan fingerprint density at radius 3 is 2.95 bits per heavy atom. The van der Waals surface area contributed by atoms with Gasteiger partial charge in [-0.2, -0.15) is 0 Å². The summed E-state index contributed by atoms with van der Waals surface area (Å²) in [7, 11) is 0. The molecular formula is C12H15N5O4. The molecule has 0 aromatic carbocycles. The number of imidazole rings is 1. The molecular weight excluding hydrogens is 278 g/mol. The van der Waals surface area contributed by atoms with Gasteiger partial charge in [0.05, 0.1) is 19.0 Å². The third-order valence-electron chi connectivity index (χ3n) is 3.99. The lowest BCUT2D eigenvalue weighted by Gasteiger charge is -2.18. The first-order chi connectivity index (χ1) is 10.1. The van der Waals surface area contributed by atoms with Gasteiger partial charge in [-0.3, -0.25) is 0 Å². The number of aromatic nitrogens is 4. The maximum atomic E-state index is 10.3. The number of hydrogen-bond acceptors (Lipinski definition) is 8. The van der Waals surface area contributed by atoms with Crippen LogP contribution in [0.4, 0.5) is 5.82 Å². The minimum atomic E-state index is -0.864. The average Bonchev–Trinajstić information content (AvgIpc) is 3.09. The SMILES string of the molecule is Nc1ncnc2c1ncn2C[C@H]1O[C@@H]2CC(O)O[C@@H]2[C@@H]1O. The third kappa shape index (κ3) is 1.97. The fraction of sp³-hybridized carbons (Fsp3) is 0.583. The van der Waals surface area contributed by atoms with Gasteiger partial charge in [-0.15, -0.1) is 0 Å². The molecule has 0 saturated carbocycles. The number of ether oxygens (including phenoxy) is 2. The van der Waals surface area contributed by atoms with Gasteiger partial charge < -0.3 is 30.0 Å². The quantitative estimate of drug-likeness (QED) is 0.619. The molecule has 112 valence electrons. The Hall–Kier alpha value is -1.81. The Bertz CT molecular complexity index is 677. The monoisotopic (exact) mass is 293 g/mol. The molecule has 4 heterocycles. The molecule has 0 spiro atoms. The van der Waals surface area contributed by atoms with Crippen molar-refractivity contribution in [3.8, 4) is 0 Å². The Labute approximate surface area is 119 Å². The lowest BCUT2D eigenvalue weighted by atomic mass is 10.1. The first kappa shape index (κ1) is 12.9. The highest BCUT2D eigenvalue weighted by Crippen LogP contribution is 2.34. The minimum Gasteiger partial charge on any atom is -0.388 e. The van der Waals surface area contributed by atoms with E-state index in [9.17, 15) is 10.2 Å². The molecule has 2 aliphatic rings. The highest BCUT2D eigenvalue weighted by molar-refractivity contribution is 5.81. The van der Waals surface area contributed by atoms with E-state index in [0.29, 0.717) is 29.9 Å². The van der Waals surface area contributed by atoms with E-state index >= 15 is 0 Å². The second-order valence-electron chi connectivity index (χ2n) is 5.32. The van der Waals surface area contributed by atoms with Gasteiger partial charge in [-0.25, -0.2) is 15.0 Å². The van der Waals surface area contributed by atoms with Crippen LogP contribution in [0.5, 0.6) is 0 Å². The fourth-order valence-electron chi connectivity index (χ4n) is 2.98. The van der Waals surface area contributed by atoms with Crippen LogP contribution in [0.25, 0.3) is 11.2 Å². The van der Waals surface area contributed by atoms with Crippen LogP contribution in [0.15, 0.2) is 12.7 Å². The van der Waals surface area contributed by atoms with Crippen LogP contribution in [-0.4, -0.2) is 60.4 Å². The minimum absolute atomic E-state index is 0.283. The molecule has 0 amide bonds. The van der Waals surface area contributed by atoms with Crippen LogP contribution in [0, 0.1) is 0 Å². The Kier molecular flexibility index (Phi) is 2.82. The second-order valence-corrected chi connectivity index (χ2v) is 5.32. The Morgan fingerprint density at radius 1 is 1.29 bits per heavy atom. The van der Waals surface area contributed by atoms with Crippen molar-refractivity contribution in [3.63, 3.8) is 0 Å². The molecule has 1 unspecified atom stereocenters. The van der Waals surface area contributed by atoms with Crippen molar-refractivity contribution in [3.05, 3.63) is 12.7 Å². The van der Waals surface area contributed by atoms with Crippen LogP contribution < -0.4 is 5.73 Å². The van der Waals surface area contributed by atoms with E-state index in [1.165, 1.54) is 6.33 Å². The number of aliphatic hydroxyl groups is 2. The summed E-state index contributed by atoms with van der Waals surface area (Å²) in [6.07, 6.45) is 0.458. The van der Waals surface area contributed by atoms with Crippen molar-refractivity contribution >= 4 is 17.0 Å². The molecule has 0 radical (unpaired) electrons. The standard InChI is InChI=1S/C12H15N5O4/c13-11-8-12(15-3-14-11)17(4-16-8)2-6-9(19)10-5(20-6)1-7(18)21-10/h3-7,9-10,18-19H,1-2H2,(H2,13,14,15)/t5-,6-,7?,9-,10+/m1/s1. The highest BCUT2D eigenvalue weighted by atomic mass is 16.7. The molecule has 2 fully saturated rings. The molecule has 9 heteroatoms. The van der Waals surface area contributed by atoms with Crippen molar-refractivity contribution < 1.29 is 19.7 Å². The molecule has 2 aliphatic heterocycles. The summed E-state index contributed by atoms with van der Waals surface area (Å²) in [5.74, 6) is 0.315. The lowest BCUT2D eigenvalue weighted by Crippen LogP contribution is -2.34. The molecule has 5 atom stereocenters. The molecule has 4 rings (SSSR count). The van der Waals surface area contributed by atoms with Crippen LogP contribution in [0.3, 0.4) is 0 Å². The van der Waals surface area contributed by atoms with Gasteiger partial charge in [0.25, 0.3) is 0 Å². The fourth-order valence-corrected chi connectivity index (χ4v) is 2.98. The Balaban J connectivity index is 1.57. The second kappa shape index (κ2) is 4.60. The van der Waals surface area contributed by atoms with E-state index in [0.717, 1.165) is 0 Å². The van der Waals surface area contributed by atoms with Gasteiger partial charge >= 0.3 is 0 Å². The van der Waals surface area contributed by atoms with Crippen molar-refractivity contribution in [1.82, 2.24) is 19.5 Å². The predicted octanol–water partition coefficient (Wildman–Crippen LogP) is -1.36. The van der Waals surface area contributed by atoms with Gasteiger partial charge in [-0.05, 0) is 0 Å². The first-order valence-electron chi connectivity index (χ1n) is 6.72. The van der Waals surface area contributed by atoms with Crippen molar-refractivity contribution in [2.75, 3.05) is 5.73 Å². The summed E-state index contributed by atoms with van der Waals surface area (Å²) in [5, 5.41) is 19.7. The van der Waals surface area contributed by atoms with E-state index in [1.807, 2.05) is 0 Å². The summed E-state index contributed by atoms with van der Waals surface area (Å²) in [4.78, 5) is 12.2. The predicted molar refractivity (Wildman–Crippen MR) is 69.9 cm³/mol. The van der Waals surface area contributed by atoms with E-state index in [2.05, 4.69) is 15.0 Å². The number of nitrogen functional groups attached to an aromatic ring is 1. The summed E-state index contributed by atoms with van der Waals surface area (Å²) in [6.45, 7) is 0.376. The summed E-state index contributed by atoms with van der Waals surface area (Å²) < 4.78 is 12.8. The topological polar surface area (TPSA) is 129 Å². The number of hydrogen-bond donors (Lipinski definition) is 3. The molecule has 2 aromatic rings. The van der Waals surface area contributed by atoms with Crippen molar-refractivity contribution in [2.45, 2.75) is 43.7 Å². The van der Waals surface area contributed by atoms with Gasteiger partial charge in [0.2, 0.25) is 0 Å². The van der Waals surface area contributed by atoms with Crippen molar-refractivity contribution in [2.24, 2.45) is 0 Å². The maximum absolute atomic E-state index is 10.3. The van der Waals surface area contributed by atoms with Crippen LogP contribution in [0.1, 0.15) is 6.42 Å². The summed E-state index contributed by atoms with van der Waals surface area (Å²) >= 11 is 0. The normalized spacial score (nSPS) is 35.4. The van der Waals surface area contributed by atoms with Gasteiger partial charge in [0.1, 0.15) is 30.2 Å². The van der Waals surface area contributed by atoms with E-state index < -0.39 is 24.6 Å². The van der Waals surface area contributed by atoms with E-state index in [1.54, 1.807) is 10.9 Å². The zero-order valence-electron chi connectivity index (χ0n) is 11.0.